The Morgan fingerprint density at radius 3 is 2.74 bits per heavy atom. The molecule has 0 spiro atoms. The number of halogens is 1. The van der Waals surface area contributed by atoms with E-state index in [0.29, 0.717) is 0 Å². The molecule has 1 atom stereocenters. The predicted molar refractivity (Wildman–Crippen MR) is 83.3 cm³/mol. The van der Waals surface area contributed by atoms with E-state index in [2.05, 4.69) is 26.1 Å². The maximum atomic E-state index is 6.10. The van der Waals surface area contributed by atoms with Crippen LogP contribution < -0.4 is 10.1 Å². The Morgan fingerprint density at radius 1 is 1.26 bits per heavy atom. The zero-order valence-corrected chi connectivity index (χ0v) is 13.1. The summed E-state index contributed by atoms with van der Waals surface area (Å²) in [6.45, 7) is 8.59. The van der Waals surface area contributed by atoms with E-state index in [4.69, 9.17) is 16.3 Å². The van der Waals surface area contributed by atoms with E-state index in [9.17, 15) is 0 Å². The van der Waals surface area contributed by atoms with E-state index < -0.39 is 0 Å². The first-order valence-corrected chi connectivity index (χ1v) is 7.71. The SMILES string of the molecule is CCCNCCCC(C)Oc1ccc(Cl)c(CC)c1. The third kappa shape index (κ3) is 6.31. The zero-order valence-electron chi connectivity index (χ0n) is 12.3. The molecular weight excluding hydrogens is 258 g/mol. The number of hydrogen-bond donors (Lipinski definition) is 1. The lowest BCUT2D eigenvalue weighted by molar-refractivity contribution is 0.207. The summed E-state index contributed by atoms with van der Waals surface area (Å²) in [7, 11) is 0. The molecular formula is C16H26ClNO. The van der Waals surface area contributed by atoms with E-state index in [1.54, 1.807) is 0 Å². The van der Waals surface area contributed by atoms with E-state index in [-0.39, 0.29) is 6.10 Å². The first-order chi connectivity index (χ1) is 9.17. The smallest absolute Gasteiger partial charge is 0.120 e. The van der Waals surface area contributed by atoms with Crippen LogP contribution in [0.3, 0.4) is 0 Å². The van der Waals surface area contributed by atoms with Gasteiger partial charge in [-0.1, -0.05) is 25.4 Å². The van der Waals surface area contributed by atoms with Gasteiger partial charge in [0.15, 0.2) is 0 Å². The fourth-order valence-electron chi connectivity index (χ4n) is 2.00. The van der Waals surface area contributed by atoms with Crippen LogP contribution in [0.25, 0.3) is 0 Å². The van der Waals surface area contributed by atoms with Gasteiger partial charge in [0.2, 0.25) is 0 Å². The van der Waals surface area contributed by atoms with Crippen molar-refractivity contribution in [2.45, 2.75) is 52.6 Å². The van der Waals surface area contributed by atoms with Crippen molar-refractivity contribution in [1.29, 1.82) is 0 Å². The van der Waals surface area contributed by atoms with Gasteiger partial charge in [0, 0.05) is 5.02 Å². The van der Waals surface area contributed by atoms with E-state index in [0.717, 1.165) is 48.7 Å². The Labute approximate surface area is 122 Å². The lowest BCUT2D eigenvalue weighted by atomic mass is 10.1. The molecule has 1 aromatic rings. The third-order valence-electron chi connectivity index (χ3n) is 3.13. The normalized spacial score (nSPS) is 12.4. The molecule has 0 saturated heterocycles. The highest BCUT2D eigenvalue weighted by Gasteiger charge is 2.06. The first-order valence-electron chi connectivity index (χ1n) is 7.33. The molecule has 1 aromatic carbocycles. The number of rotatable bonds is 9. The summed E-state index contributed by atoms with van der Waals surface area (Å²) in [6, 6.07) is 5.92. The maximum absolute atomic E-state index is 6.10. The Bertz CT molecular complexity index is 368. The number of nitrogens with one attached hydrogen (secondary N) is 1. The Kier molecular flexibility index (Phi) is 7.92. The molecule has 1 rings (SSSR count). The molecule has 19 heavy (non-hydrogen) atoms. The largest absolute Gasteiger partial charge is 0.491 e. The summed E-state index contributed by atoms with van der Waals surface area (Å²) in [5, 5.41) is 4.23. The van der Waals surface area contributed by atoms with Crippen LogP contribution >= 0.6 is 11.6 Å². The third-order valence-corrected chi connectivity index (χ3v) is 3.50. The van der Waals surface area contributed by atoms with Crippen LogP contribution in [0.5, 0.6) is 5.75 Å². The molecule has 0 aromatic heterocycles. The molecule has 3 heteroatoms. The minimum Gasteiger partial charge on any atom is -0.491 e. The van der Waals surface area contributed by atoms with Crippen LogP contribution in [0.1, 0.15) is 45.6 Å². The summed E-state index contributed by atoms with van der Waals surface area (Å²) >= 11 is 6.10. The molecule has 1 N–H and O–H groups in total. The average molecular weight is 284 g/mol. The monoisotopic (exact) mass is 283 g/mol. The van der Waals surface area contributed by atoms with Gasteiger partial charge in [0.05, 0.1) is 6.10 Å². The molecule has 0 heterocycles. The fraction of sp³-hybridized carbons (Fsp3) is 0.625. The first kappa shape index (κ1) is 16.3. The Morgan fingerprint density at radius 2 is 2.05 bits per heavy atom. The lowest BCUT2D eigenvalue weighted by Crippen LogP contribution is -2.19. The van der Waals surface area contributed by atoms with Crippen molar-refractivity contribution in [1.82, 2.24) is 5.32 Å². The molecule has 1 unspecified atom stereocenters. The molecule has 0 aliphatic carbocycles. The maximum Gasteiger partial charge on any atom is 0.120 e. The van der Waals surface area contributed by atoms with Gasteiger partial charge in [0.1, 0.15) is 5.75 Å². The van der Waals surface area contributed by atoms with Crippen LogP contribution in [0.2, 0.25) is 5.02 Å². The highest BCUT2D eigenvalue weighted by molar-refractivity contribution is 6.31. The van der Waals surface area contributed by atoms with Gasteiger partial charge < -0.3 is 10.1 Å². The number of ether oxygens (including phenoxy) is 1. The van der Waals surface area contributed by atoms with Gasteiger partial charge in [-0.15, -0.1) is 0 Å². The summed E-state index contributed by atoms with van der Waals surface area (Å²) in [5.41, 5.74) is 1.15. The lowest BCUT2D eigenvalue weighted by Gasteiger charge is -2.16. The van der Waals surface area contributed by atoms with Crippen LogP contribution in [0.15, 0.2) is 18.2 Å². The highest BCUT2D eigenvalue weighted by atomic mass is 35.5. The molecule has 0 radical (unpaired) electrons. The second-order valence-electron chi connectivity index (χ2n) is 4.93. The number of aryl methyl sites for hydroxylation is 1. The average Bonchev–Trinajstić information content (AvgIpc) is 2.40. The van der Waals surface area contributed by atoms with E-state index in [1.165, 1.54) is 6.42 Å². The fourth-order valence-corrected chi connectivity index (χ4v) is 2.25. The van der Waals surface area contributed by atoms with Gasteiger partial charge in [-0.3, -0.25) is 0 Å². The molecule has 2 nitrogen and oxygen atoms in total. The van der Waals surface area contributed by atoms with Crippen LogP contribution in [-0.2, 0) is 6.42 Å². The van der Waals surface area contributed by atoms with E-state index in [1.807, 2.05) is 18.2 Å². The van der Waals surface area contributed by atoms with Crippen molar-refractivity contribution in [2.24, 2.45) is 0 Å². The predicted octanol–water partition coefficient (Wildman–Crippen LogP) is 4.45. The Hall–Kier alpha value is -0.730. The molecule has 0 fully saturated rings. The van der Waals surface area contributed by atoms with E-state index >= 15 is 0 Å². The van der Waals surface area contributed by atoms with Crippen LogP contribution in [-0.4, -0.2) is 19.2 Å². The van der Waals surface area contributed by atoms with Crippen molar-refractivity contribution in [3.8, 4) is 5.75 Å². The quantitative estimate of drug-likeness (QED) is 0.676. The molecule has 0 aliphatic rings. The minimum absolute atomic E-state index is 0.245. The van der Waals surface area contributed by atoms with Gasteiger partial charge in [-0.25, -0.2) is 0 Å². The van der Waals surface area contributed by atoms with Crippen molar-refractivity contribution >= 4 is 11.6 Å². The zero-order chi connectivity index (χ0) is 14.1. The standard InChI is InChI=1S/C16H26ClNO/c1-4-10-18-11-6-7-13(3)19-15-8-9-16(17)14(5-2)12-15/h8-9,12-13,18H,4-7,10-11H2,1-3H3. The second kappa shape index (κ2) is 9.22. The summed E-state index contributed by atoms with van der Waals surface area (Å²) in [4.78, 5) is 0. The van der Waals surface area contributed by atoms with Crippen molar-refractivity contribution in [3.05, 3.63) is 28.8 Å². The molecule has 0 aliphatic heterocycles. The summed E-state index contributed by atoms with van der Waals surface area (Å²) in [6.07, 6.45) is 4.59. The highest BCUT2D eigenvalue weighted by Crippen LogP contribution is 2.23. The van der Waals surface area contributed by atoms with Gasteiger partial charge >= 0.3 is 0 Å². The summed E-state index contributed by atoms with van der Waals surface area (Å²) < 4.78 is 5.93. The molecule has 0 bridgehead atoms. The van der Waals surface area contributed by atoms with Gasteiger partial charge in [-0.05, 0) is 69.5 Å². The minimum atomic E-state index is 0.245. The number of benzene rings is 1. The van der Waals surface area contributed by atoms with Crippen molar-refractivity contribution < 1.29 is 4.74 Å². The van der Waals surface area contributed by atoms with Crippen LogP contribution in [0, 0.1) is 0 Å². The Balaban J connectivity index is 2.33. The molecule has 108 valence electrons. The molecule has 0 amide bonds. The molecule has 0 saturated carbocycles. The number of hydrogen-bond acceptors (Lipinski definition) is 2. The topological polar surface area (TPSA) is 21.3 Å². The van der Waals surface area contributed by atoms with Gasteiger partial charge in [-0.2, -0.15) is 0 Å². The van der Waals surface area contributed by atoms with Crippen molar-refractivity contribution in [3.63, 3.8) is 0 Å². The van der Waals surface area contributed by atoms with Crippen molar-refractivity contribution in [2.75, 3.05) is 13.1 Å². The van der Waals surface area contributed by atoms with Crippen LogP contribution in [0.4, 0.5) is 0 Å². The van der Waals surface area contributed by atoms with Gasteiger partial charge in [0.25, 0.3) is 0 Å². The summed E-state index contributed by atoms with van der Waals surface area (Å²) in [5.74, 6) is 0.926. The second-order valence-corrected chi connectivity index (χ2v) is 5.33.